The summed E-state index contributed by atoms with van der Waals surface area (Å²) in [5.74, 6) is 0.847. The maximum absolute atomic E-state index is 12.6. The van der Waals surface area contributed by atoms with Gasteiger partial charge in [-0.05, 0) is 42.0 Å². The van der Waals surface area contributed by atoms with E-state index >= 15 is 0 Å². The van der Waals surface area contributed by atoms with Gasteiger partial charge < -0.3 is 20.7 Å². The van der Waals surface area contributed by atoms with Crippen molar-refractivity contribution in [2.45, 2.75) is 6.42 Å². The van der Waals surface area contributed by atoms with E-state index in [1.807, 2.05) is 54.7 Å². The van der Waals surface area contributed by atoms with E-state index in [2.05, 4.69) is 22.0 Å². The summed E-state index contributed by atoms with van der Waals surface area (Å²) in [6.07, 6.45) is 4.93. The summed E-state index contributed by atoms with van der Waals surface area (Å²) in [6, 6.07) is 15.1. The topological polar surface area (TPSA) is 65.6 Å². The molecule has 2 aliphatic rings. The van der Waals surface area contributed by atoms with Crippen molar-refractivity contribution < 1.29 is 9.53 Å². The van der Waals surface area contributed by atoms with Gasteiger partial charge in [0, 0.05) is 36.6 Å². The zero-order valence-electron chi connectivity index (χ0n) is 15.2. The Morgan fingerprint density at radius 1 is 1.22 bits per heavy atom. The zero-order valence-corrected chi connectivity index (χ0v) is 15.2. The molecule has 0 aromatic heterocycles. The molecule has 3 N–H and O–H groups in total. The smallest absolute Gasteiger partial charge is 0.326 e. The highest BCUT2D eigenvalue weighted by atomic mass is 16.5. The molecule has 138 valence electrons. The Labute approximate surface area is 158 Å². The van der Waals surface area contributed by atoms with Crippen molar-refractivity contribution in [2.24, 2.45) is 0 Å². The molecule has 0 radical (unpaired) electrons. The number of rotatable bonds is 3. The van der Waals surface area contributed by atoms with Gasteiger partial charge in [0.15, 0.2) is 0 Å². The average Bonchev–Trinajstić information content (AvgIpc) is 3.21. The standard InChI is InChI=1S/C21H22N4O2/c1-25(21(26)24-16-5-3-2-4-6-16)18-7-8-20-19(12-18)15(9-10-27-20)11-17-13-22-14-23-17/h2-8,11-13,22-23H,9-10,14H2,1H3,(H,24,26)/b15-11+. The van der Waals surface area contributed by atoms with Crippen LogP contribution < -0.4 is 25.6 Å². The van der Waals surface area contributed by atoms with Crippen LogP contribution >= 0.6 is 0 Å². The van der Waals surface area contributed by atoms with Crippen molar-refractivity contribution in [2.75, 3.05) is 30.5 Å². The first-order valence-corrected chi connectivity index (χ1v) is 8.96. The average molecular weight is 362 g/mol. The van der Waals surface area contributed by atoms with Crippen LogP contribution in [0.5, 0.6) is 5.75 Å². The summed E-state index contributed by atoms with van der Waals surface area (Å²) in [6.45, 7) is 1.40. The van der Waals surface area contributed by atoms with Crippen LogP contribution in [0.15, 0.2) is 66.5 Å². The van der Waals surface area contributed by atoms with E-state index < -0.39 is 0 Å². The molecule has 0 atom stereocenters. The number of nitrogens with one attached hydrogen (secondary N) is 3. The Balaban J connectivity index is 1.58. The fourth-order valence-electron chi connectivity index (χ4n) is 3.15. The van der Waals surface area contributed by atoms with E-state index in [4.69, 9.17) is 4.74 Å². The van der Waals surface area contributed by atoms with E-state index in [0.717, 1.165) is 41.5 Å². The predicted molar refractivity (Wildman–Crippen MR) is 108 cm³/mol. The fraction of sp³-hybridized carbons (Fsp3) is 0.190. The Bertz CT molecular complexity index is 906. The third-order valence-corrected chi connectivity index (χ3v) is 4.64. The lowest BCUT2D eigenvalue weighted by Gasteiger charge is -2.24. The summed E-state index contributed by atoms with van der Waals surface area (Å²) in [5, 5.41) is 9.32. The summed E-state index contributed by atoms with van der Waals surface area (Å²) >= 11 is 0. The van der Waals surface area contributed by atoms with Crippen LogP contribution in [-0.4, -0.2) is 26.4 Å². The van der Waals surface area contributed by atoms with E-state index in [1.165, 1.54) is 5.57 Å². The number of ether oxygens (including phenoxy) is 1. The van der Waals surface area contributed by atoms with E-state index in [9.17, 15) is 4.79 Å². The van der Waals surface area contributed by atoms with Crippen LogP contribution in [-0.2, 0) is 0 Å². The second kappa shape index (κ2) is 7.45. The Morgan fingerprint density at radius 2 is 2.07 bits per heavy atom. The minimum absolute atomic E-state index is 0.187. The number of fused-ring (bicyclic) bond motifs is 1. The number of carbonyl (C=O) groups is 1. The van der Waals surface area contributed by atoms with Gasteiger partial charge in [-0.2, -0.15) is 0 Å². The molecule has 2 aromatic rings. The lowest BCUT2D eigenvalue weighted by molar-refractivity contribution is 0.258. The van der Waals surface area contributed by atoms with Crippen molar-refractivity contribution in [3.05, 3.63) is 72.1 Å². The molecular weight excluding hydrogens is 340 g/mol. The van der Waals surface area contributed by atoms with Gasteiger partial charge in [0.25, 0.3) is 0 Å². The quantitative estimate of drug-likeness (QED) is 0.782. The third-order valence-electron chi connectivity index (χ3n) is 4.64. The predicted octanol–water partition coefficient (Wildman–Crippen LogP) is 3.51. The number of para-hydroxylation sites is 1. The second-order valence-corrected chi connectivity index (χ2v) is 6.46. The van der Waals surface area contributed by atoms with Gasteiger partial charge in [-0.1, -0.05) is 18.2 Å². The van der Waals surface area contributed by atoms with Gasteiger partial charge in [0.2, 0.25) is 0 Å². The summed E-state index contributed by atoms with van der Waals surface area (Å²) in [4.78, 5) is 14.2. The first-order valence-electron chi connectivity index (χ1n) is 8.96. The molecule has 6 heteroatoms. The molecule has 0 fully saturated rings. The molecule has 0 saturated heterocycles. The monoisotopic (exact) mass is 362 g/mol. The van der Waals surface area contributed by atoms with E-state index in [-0.39, 0.29) is 6.03 Å². The number of urea groups is 1. The molecule has 2 aliphatic heterocycles. The molecule has 0 unspecified atom stereocenters. The zero-order chi connectivity index (χ0) is 18.6. The van der Waals surface area contributed by atoms with Crippen molar-refractivity contribution in [1.82, 2.24) is 10.6 Å². The van der Waals surface area contributed by atoms with Crippen molar-refractivity contribution >= 4 is 23.0 Å². The summed E-state index contributed by atoms with van der Waals surface area (Å²) in [7, 11) is 1.76. The van der Waals surface area contributed by atoms with Crippen LogP contribution in [0.2, 0.25) is 0 Å². The molecule has 6 nitrogen and oxygen atoms in total. The maximum atomic E-state index is 12.6. The number of anilines is 2. The summed E-state index contributed by atoms with van der Waals surface area (Å²) in [5.41, 5.74) is 4.84. The minimum Gasteiger partial charge on any atom is -0.493 e. The fourth-order valence-corrected chi connectivity index (χ4v) is 3.15. The molecule has 2 aromatic carbocycles. The molecule has 0 spiro atoms. The highest BCUT2D eigenvalue weighted by Crippen LogP contribution is 2.36. The van der Waals surface area contributed by atoms with Crippen LogP contribution in [0.4, 0.5) is 16.2 Å². The normalized spacial score (nSPS) is 16.5. The first-order chi connectivity index (χ1) is 13.2. The lowest BCUT2D eigenvalue weighted by atomic mass is 9.98. The lowest BCUT2D eigenvalue weighted by Crippen LogP contribution is -2.31. The van der Waals surface area contributed by atoms with Crippen molar-refractivity contribution in [3.8, 4) is 5.75 Å². The highest BCUT2D eigenvalue weighted by Gasteiger charge is 2.19. The number of amides is 2. The Morgan fingerprint density at radius 3 is 2.85 bits per heavy atom. The molecule has 4 rings (SSSR count). The number of allylic oxidation sites excluding steroid dienone is 1. The number of hydrogen-bond donors (Lipinski definition) is 3. The largest absolute Gasteiger partial charge is 0.493 e. The van der Waals surface area contributed by atoms with Gasteiger partial charge in [0.1, 0.15) is 5.75 Å². The van der Waals surface area contributed by atoms with Crippen LogP contribution in [0.3, 0.4) is 0 Å². The third kappa shape index (κ3) is 3.74. The van der Waals surface area contributed by atoms with Gasteiger partial charge in [0.05, 0.1) is 19.0 Å². The molecule has 0 bridgehead atoms. The second-order valence-electron chi connectivity index (χ2n) is 6.46. The molecule has 2 amide bonds. The van der Waals surface area contributed by atoms with Crippen LogP contribution in [0.25, 0.3) is 5.57 Å². The van der Waals surface area contributed by atoms with E-state index in [1.54, 1.807) is 11.9 Å². The molecule has 0 saturated carbocycles. The molecule has 0 aliphatic carbocycles. The van der Waals surface area contributed by atoms with Crippen LogP contribution in [0.1, 0.15) is 12.0 Å². The van der Waals surface area contributed by atoms with Gasteiger partial charge in [-0.15, -0.1) is 0 Å². The van der Waals surface area contributed by atoms with Crippen LogP contribution in [0, 0.1) is 0 Å². The van der Waals surface area contributed by atoms with Gasteiger partial charge >= 0.3 is 6.03 Å². The number of carbonyl (C=O) groups excluding carboxylic acids is 1. The van der Waals surface area contributed by atoms with E-state index in [0.29, 0.717) is 6.61 Å². The SMILES string of the molecule is CN(C(=O)Nc1ccccc1)c1ccc2c(c1)/C(=C/C1=CNCN1)CCO2. The van der Waals surface area contributed by atoms with Crippen molar-refractivity contribution in [3.63, 3.8) is 0 Å². The van der Waals surface area contributed by atoms with Gasteiger partial charge in [-0.25, -0.2) is 4.79 Å². The molecule has 27 heavy (non-hydrogen) atoms. The number of hydrogen-bond acceptors (Lipinski definition) is 4. The minimum atomic E-state index is -0.187. The molecule has 2 heterocycles. The highest BCUT2D eigenvalue weighted by molar-refractivity contribution is 6.01. The number of nitrogens with zero attached hydrogens (tertiary/aromatic N) is 1. The van der Waals surface area contributed by atoms with Crippen molar-refractivity contribution in [1.29, 1.82) is 0 Å². The van der Waals surface area contributed by atoms with Gasteiger partial charge in [-0.3, -0.25) is 4.90 Å². The number of benzene rings is 2. The maximum Gasteiger partial charge on any atom is 0.326 e. The first kappa shape index (κ1) is 17.0. The Hall–Kier alpha value is -3.41. The Kier molecular flexibility index (Phi) is 4.70. The summed E-state index contributed by atoms with van der Waals surface area (Å²) < 4.78 is 5.79. The molecular formula is C21H22N4O2.